The third-order valence-corrected chi connectivity index (χ3v) is 8.57. The average Bonchev–Trinajstić information content (AvgIpc) is 3.19. The number of aliphatic hydroxyl groups is 2. The van der Waals surface area contributed by atoms with E-state index in [2.05, 4.69) is 4.99 Å². The molecule has 4 N–H and O–H groups in total. The van der Waals surface area contributed by atoms with Crippen molar-refractivity contribution in [1.82, 2.24) is 0 Å². The Bertz CT molecular complexity index is 855. The molecule has 0 radical (unpaired) electrons. The first-order valence-corrected chi connectivity index (χ1v) is 13.9. The van der Waals surface area contributed by atoms with Gasteiger partial charge in [0.25, 0.3) is 0 Å². The lowest BCUT2D eigenvalue weighted by molar-refractivity contribution is -0.213. The number of cyclic esters (lactones) is 1. The molecular weight excluding hydrogens is 480 g/mol. The summed E-state index contributed by atoms with van der Waals surface area (Å²) >= 11 is 1.69. The van der Waals surface area contributed by atoms with Crippen LogP contribution in [0.4, 0.5) is 0 Å². The highest BCUT2D eigenvalue weighted by molar-refractivity contribution is 8.14. The molecule has 0 aromatic rings. The number of rotatable bonds is 3. The molecule has 0 aromatic carbocycles. The quantitative estimate of drug-likeness (QED) is 0.375. The number of nitrogens with two attached hydrogens (primary N) is 1. The summed E-state index contributed by atoms with van der Waals surface area (Å²) in [4.78, 5) is 30.7. The van der Waals surface area contributed by atoms with Gasteiger partial charge in [0.1, 0.15) is 5.78 Å². The predicted molar refractivity (Wildman–Crippen MR) is 144 cm³/mol. The number of Topliss-reactive ketones (excluding diaryl/α,β-unsaturated/α-hetero) is 1. The van der Waals surface area contributed by atoms with Crippen molar-refractivity contribution in [3.63, 3.8) is 0 Å². The Labute approximate surface area is 220 Å². The van der Waals surface area contributed by atoms with Crippen LogP contribution in [0.5, 0.6) is 0 Å². The first-order valence-electron chi connectivity index (χ1n) is 12.9. The molecule has 0 amide bonds. The Hall–Kier alpha value is -1.26. The van der Waals surface area contributed by atoms with Crippen molar-refractivity contribution in [1.29, 1.82) is 0 Å². The molecule has 0 saturated carbocycles. The number of nitrogens with zero attached hydrogens (tertiary/aromatic N) is 1. The lowest BCUT2D eigenvalue weighted by atomic mass is 9.73. The van der Waals surface area contributed by atoms with Gasteiger partial charge in [-0.15, -0.1) is 11.8 Å². The highest BCUT2D eigenvalue weighted by atomic mass is 32.2. The predicted octanol–water partition coefficient (Wildman–Crippen LogP) is 3.62. The number of thioether (sulfide) groups is 1. The average molecular weight is 527 g/mol. The SMILES string of the molecule is CC1=NC(/C=C(\C)C(N)C2OC(=O)CC(O)C(C)(C)C(=O)C(C)C(O)C(C)CCCC(C)(C)O2)CS1. The third kappa shape index (κ3) is 8.12. The molecule has 7 unspecified atom stereocenters. The minimum atomic E-state index is -1.29. The maximum atomic E-state index is 13.2. The van der Waals surface area contributed by atoms with E-state index in [-0.39, 0.29) is 17.7 Å². The molecule has 0 bridgehead atoms. The zero-order chi connectivity index (χ0) is 27.4. The third-order valence-electron chi connectivity index (χ3n) is 7.54. The van der Waals surface area contributed by atoms with Gasteiger partial charge >= 0.3 is 5.97 Å². The number of aliphatic imine (C=N–C) groups is 1. The first-order chi connectivity index (χ1) is 16.5. The molecule has 8 nitrogen and oxygen atoms in total. The van der Waals surface area contributed by atoms with Crippen LogP contribution < -0.4 is 5.73 Å². The Morgan fingerprint density at radius 1 is 1.22 bits per heavy atom. The summed E-state index contributed by atoms with van der Waals surface area (Å²) in [5, 5.41) is 22.7. The molecule has 206 valence electrons. The second-order valence-corrected chi connectivity index (χ2v) is 12.9. The van der Waals surface area contributed by atoms with Gasteiger partial charge in [0.05, 0.1) is 46.8 Å². The first kappa shape index (κ1) is 31.0. The topological polar surface area (TPSA) is 131 Å². The molecule has 2 aliphatic rings. The van der Waals surface area contributed by atoms with Crippen LogP contribution in [0, 0.1) is 17.3 Å². The van der Waals surface area contributed by atoms with E-state index in [1.165, 1.54) is 0 Å². The Balaban J connectivity index is 2.33. The number of hydrogen-bond acceptors (Lipinski definition) is 9. The van der Waals surface area contributed by atoms with E-state index in [1.807, 2.05) is 40.7 Å². The van der Waals surface area contributed by atoms with Crippen molar-refractivity contribution in [2.45, 2.75) is 117 Å². The molecule has 9 heteroatoms. The zero-order valence-electron chi connectivity index (χ0n) is 23.1. The van der Waals surface area contributed by atoms with Gasteiger partial charge in [0, 0.05) is 11.7 Å². The number of hydrogen-bond donors (Lipinski definition) is 3. The number of carbonyl (C=O) groups excluding carboxylic acids is 2. The highest BCUT2D eigenvalue weighted by Crippen LogP contribution is 2.33. The normalized spacial score (nSPS) is 35.9. The number of ketones is 1. The maximum absolute atomic E-state index is 13.2. The highest BCUT2D eigenvalue weighted by Gasteiger charge is 2.43. The molecule has 0 aliphatic carbocycles. The van der Waals surface area contributed by atoms with E-state index in [1.54, 1.807) is 32.5 Å². The van der Waals surface area contributed by atoms with Crippen LogP contribution in [-0.2, 0) is 19.1 Å². The van der Waals surface area contributed by atoms with Crippen LogP contribution in [0.1, 0.15) is 81.1 Å². The van der Waals surface area contributed by atoms with Gasteiger partial charge in [-0.2, -0.15) is 0 Å². The molecule has 2 aliphatic heterocycles. The molecule has 1 saturated heterocycles. The standard InChI is InChI=1S/C27H46N2O6S/c1-15-10-9-11-26(5,6)35-25(22(28)16(2)12-19-14-36-18(4)29-19)34-21(31)13-20(30)27(7,8)24(33)17(3)23(15)32/h12,15,17,19-20,22-23,25,30,32H,9-11,13-14,28H2,1-8H3/b16-12+. The molecule has 7 atom stereocenters. The fourth-order valence-corrected chi connectivity index (χ4v) is 5.58. The van der Waals surface area contributed by atoms with E-state index in [9.17, 15) is 19.8 Å². The number of aliphatic hydroxyl groups excluding tert-OH is 2. The van der Waals surface area contributed by atoms with E-state index in [0.29, 0.717) is 12.8 Å². The van der Waals surface area contributed by atoms with E-state index >= 15 is 0 Å². The summed E-state index contributed by atoms with van der Waals surface area (Å²) in [6, 6.07) is -0.715. The number of esters is 1. The van der Waals surface area contributed by atoms with Gasteiger partial charge in [-0.25, -0.2) is 0 Å². The second kappa shape index (κ2) is 12.5. The molecular formula is C27H46N2O6S. The van der Waals surface area contributed by atoms with Crippen molar-refractivity contribution >= 4 is 28.6 Å². The minimum absolute atomic E-state index is 0.00978. The van der Waals surface area contributed by atoms with Crippen molar-refractivity contribution in [2.75, 3.05) is 5.75 Å². The van der Waals surface area contributed by atoms with Crippen LogP contribution in [0.15, 0.2) is 16.6 Å². The van der Waals surface area contributed by atoms with E-state index < -0.39 is 53.9 Å². The fourth-order valence-electron chi connectivity index (χ4n) is 4.78. The summed E-state index contributed by atoms with van der Waals surface area (Å²) in [5.74, 6) is -0.943. The molecule has 2 heterocycles. The van der Waals surface area contributed by atoms with Crippen molar-refractivity contribution in [3.05, 3.63) is 11.6 Å². The summed E-state index contributed by atoms with van der Waals surface area (Å²) in [7, 11) is 0. The van der Waals surface area contributed by atoms with Crippen LogP contribution in [-0.4, -0.2) is 68.9 Å². The lowest BCUT2D eigenvalue weighted by Crippen LogP contribution is -2.47. The van der Waals surface area contributed by atoms with Gasteiger partial charge in [-0.3, -0.25) is 14.6 Å². The van der Waals surface area contributed by atoms with Crippen LogP contribution in [0.3, 0.4) is 0 Å². The summed E-state index contributed by atoms with van der Waals surface area (Å²) in [6.45, 7) is 14.5. The number of ether oxygens (including phenoxy) is 2. The number of carbonyl (C=O) groups is 2. The Kier molecular flexibility index (Phi) is 10.8. The Morgan fingerprint density at radius 2 is 1.86 bits per heavy atom. The fraction of sp³-hybridized carbons (Fsp3) is 0.815. The largest absolute Gasteiger partial charge is 0.434 e. The summed E-state index contributed by atoms with van der Waals surface area (Å²) in [6.07, 6.45) is 0.468. The van der Waals surface area contributed by atoms with Crippen LogP contribution in [0.2, 0.25) is 0 Å². The Morgan fingerprint density at radius 3 is 2.44 bits per heavy atom. The van der Waals surface area contributed by atoms with E-state index in [0.717, 1.165) is 22.8 Å². The van der Waals surface area contributed by atoms with Crippen LogP contribution in [0.25, 0.3) is 0 Å². The molecule has 0 aromatic heterocycles. The van der Waals surface area contributed by atoms with E-state index in [4.69, 9.17) is 15.2 Å². The minimum Gasteiger partial charge on any atom is -0.434 e. The summed E-state index contributed by atoms with van der Waals surface area (Å²) in [5.41, 5.74) is 5.43. The van der Waals surface area contributed by atoms with Crippen molar-refractivity contribution < 1.29 is 29.3 Å². The smallest absolute Gasteiger partial charge is 0.310 e. The molecule has 36 heavy (non-hydrogen) atoms. The monoisotopic (exact) mass is 526 g/mol. The van der Waals surface area contributed by atoms with Crippen LogP contribution >= 0.6 is 11.8 Å². The lowest BCUT2D eigenvalue weighted by Gasteiger charge is -2.35. The van der Waals surface area contributed by atoms with Crippen molar-refractivity contribution in [2.24, 2.45) is 28.0 Å². The second-order valence-electron chi connectivity index (χ2n) is 11.7. The van der Waals surface area contributed by atoms with Gasteiger partial charge < -0.3 is 25.4 Å². The van der Waals surface area contributed by atoms with Gasteiger partial charge in [0.15, 0.2) is 0 Å². The van der Waals surface area contributed by atoms with Gasteiger partial charge in [-0.1, -0.05) is 45.8 Å². The van der Waals surface area contributed by atoms with Gasteiger partial charge in [0.2, 0.25) is 6.29 Å². The summed E-state index contributed by atoms with van der Waals surface area (Å²) < 4.78 is 12.0. The molecule has 1 fully saturated rings. The molecule has 2 rings (SSSR count). The zero-order valence-corrected chi connectivity index (χ0v) is 23.9. The van der Waals surface area contributed by atoms with Gasteiger partial charge in [-0.05, 0) is 46.5 Å². The molecule has 0 spiro atoms. The maximum Gasteiger partial charge on any atom is 0.310 e. The van der Waals surface area contributed by atoms with Crippen molar-refractivity contribution in [3.8, 4) is 0 Å².